The molecule has 0 aliphatic heterocycles. The lowest BCUT2D eigenvalue weighted by Gasteiger charge is -1.99. The lowest BCUT2D eigenvalue weighted by atomic mass is 10.1. The number of sulfonamides is 1. The lowest BCUT2D eigenvalue weighted by molar-refractivity contribution is 0.535. The maximum atomic E-state index is 11.3. The molecule has 0 radical (unpaired) electrons. The molecule has 0 spiro atoms. The molecule has 6 heteroatoms. The van der Waals surface area contributed by atoms with Crippen molar-refractivity contribution < 1.29 is 12.8 Å². The summed E-state index contributed by atoms with van der Waals surface area (Å²) in [5.74, 6) is 0.679. The van der Waals surface area contributed by atoms with E-state index in [4.69, 9.17) is 9.56 Å². The van der Waals surface area contributed by atoms with Crippen LogP contribution in [0.15, 0.2) is 32.4 Å². The highest BCUT2D eigenvalue weighted by Gasteiger charge is 2.18. The third-order valence-electron chi connectivity index (χ3n) is 2.04. The van der Waals surface area contributed by atoms with Crippen molar-refractivity contribution in [3.8, 4) is 11.1 Å². The lowest BCUT2D eigenvalue weighted by Crippen LogP contribution is -2.11. The molecule has 0 amide bonds. The number of rotatable bonds is 2. The van der Waals surface area contributed by atoms with Crippen LogP contribution in [0.1, 0.15) is 5.76 Å². The van der Waals surface area contributed by atoms with E-state index in [0.29, 0.717) is 11.3 Å². The van der Waals surface area contributed by atoms with Crippen LogP contribution in [-0.4, -0.2) is 8.42 Å². The highest BCUT2D eigenvalue weighted by molar-refractivity contribution is 7.91. The number of hydrogen-bond donors (Lipinski definition) is 1. The third kappa shape index (κ3) is 1.83. The van der Waals surface area contributed by atoms with Gasteiger partial charge in [-0.05, 0) is 24.4 Å². The van der Waals surface area contributed by atoms with E-state index >= 15 is 0 Å². The Bertz CT molecular complexity index is 580. The van der Waals surface area contributed by atoms with Gasteiger partial charge in [-0.3, -0.25) is 0 Å². The van der Waals surface area contributed by atoms with Gasteiger partial charge in [0.05, 0.1) is 6.26 Å². The molecule has 0 unspecified atom stereocenters. The van der Waals surface area contributed by atoms with Crippen LogP contribution >= 0.6 is 11.3 Å². The zero-order valence-electron chi connectivity index (χ0n) is 7.93. The molecule has 15 heavy (non-hydrogen) atoms. The van der Waals surface area contributed by atoms with E-state index in [0.717, 1.165) is 16.9 Å². The van der Waals surface area contributed by atoms with Gasteiger partial charge in [0.2, 0.25) is 10.0 Å². The molecule has 80 valence electrons. The zero-order chi connectivity index (χ0) is 11.1. The predicted octanol–water partition coefficient (Wildman–Crippen LogP) is 1.96. The number of hydrogen-bond acceptors (Lipinski definition) is 4. The van der Waals surface area contributed by atoms with Crippen LogP contribution in [-0.2, 0) is 10.0 Å². The molecule has 0 aliphatic rings. The zero-order valence-corrected chi connectivity index (χ0v) is 9.56. The van der Waals surface area contributed by atoms with Crippen molar-refractivity contribution in [1.82, 2.24) is 0 Å². The SMILES string of the molecule is Cc1occc1-c1ccsc1S(N)(=O)=O. The Balaban J connectivity index is 2.66. The summed E-state index contributed by atoms with van der Waals surface area (Å²) in [5.41, 5.74) is 1.37. The van der Waals surface area contributed by atoms with Crippen LogP contribution in [0.5, 0.6) is 0 Å². The van der Waals surface area contributed by atoms with E-state index in [9.17, 15) is 8.42 Å². The number of nitrogens with two attached hydrogens (primary N) is 1. The van der Waals surface area contributed by atoms with Crippen molar-refractivity contribution in [3.05, 3.63) is 29.5 Å². The van der Waals surface area contributed by atoms with Crippen molar-refractivity contribution in [2.45, 2.75) is 11.1 Å². The van der Waals surface area contributed by atoms with Crippen LogP contribution in [0, 0.1) is 6.92 Å². The Labute approximate surface area is 91.4 Å². The Kier molecular flexibility index (Phi) is 2.41. The maximum Gasteiger partial charge on any atom is 0.248 e. The molecule has 2 N–H and O–H groups in total. The minimum atomic E-state index is -3.66. The van der Waals surface area contributed by atoms with E-state index in [1.165, 1.54) is 6.26 Å². The topological polar surface area (TPSA) is 73.3 Å². The minimum absolute atomic E-state index is 0.173. The highest BCUT2D eigenvalue weighted by atomic mass is 32.2. The fourth-order valence-corrected chi connectivity index (χ4v) is 3.20. The van der Waals surface area contributed by atoms with Crippen LogP contribution in [0.4, 0.5) is 0 Å². The van der Waals surface area contributed by atoms with Gasteiger partial charge in [-0.25, -0.2) is 13.6 Å². The Morgan fingerprint density at radius 2 is 2.07 bits per heavy atom. The molecule has 2 heterocycles. The quantitative estimate of drug-likeness (QED) is 0.876. The summed E-state index contributed by atoms with van der Waals surface area (Å²) in [4.78, 5) is 0. The van der Waals surface area contributed by atoms with Crippen LogP contribution in [0.3, 0.4) is 0 Å². The van der Waals surface area contributed by atoms with Crippen LogP contribution in [0.2, 0.25) is 0 Å². The van der Waals surface area contributed by atoms with Crippen molar-refractivity contribution >= 4 is 21.4 Å². The molecule has 2 rings (SSSR count). The largest absolute Gasteiger partial charge is 0.469 e. The second kappa shape index (κ2) is 3.48. The van der Waals surface area contributed by atoms with E-state index < -0.39 is 10.0 Å². The fourth-order valence-electron chi connectivity index (χ4n) is 1.38. The monoisotopic (exact) mass is 243 g/mol. The molecule has 0 saturated heterocycles. The summed E-state index contributed by atoms with van der Waals surface area (Å²) in [6, 6.07) is 3.45. The molecule has 0 bridgehead atoms. The first-order valence-corrected chi connectivity index (χ1v) is 6.57. The molecule has 0 saturated carbocycles. The van der Waals surface area contributed by atoms with Gasteiger partial charge in [0, 0.05) is 11.1 Å². The first kappa shape index (κ1) is 10.4. The Hall–Kier alpha value is -1.11. The standard InChI is InChI=1S/C9H9NO3S2/c1-6-7(2-4-13-6)8-3-5-14-9(8)15(10,11)12/h2-5H,1H3,(H2,10,11,12). The maximum absolute atomic E-state index is 11.3. The normalized spacial score (nSPS) is 11.9. The number of primary sulfonamides is 1. The van der Waals surface area contributed by atoms with Gasteiger partial charge in [0.1, 0.15) is 9.97 Å². The van der Waals surface area contributed by atoms with Crippen LogP contribution in [0.25, 0.3) is 11.1 Å². The Morgan fingerprint density at radius 3 is 2.60 bits per heavy atom. The van der Waals surface area contributed by atoms with E-state index in [1.54, 1.807) is 24.4 Å². The molecule has 2 aromatic rings. The second-order valence-corrected chi connectivity index (χ2v) is 5.73. The van der Waals surface area contributed by atoms with Gasteiger partial charge < -0.3 is 4.42 Å². The van der Waals surface area contributed by atoms with Gasteiger partial charge in [0.15, 0.2) is 0 Å². The molecule has 4 nitrogen and oxygen atoms in total. The average Bonchev–Trinajstić information content (AvgIpc) is 2.69. The number of thiophene rings is 1. The highest BCUT2D eigenvalue weighted by Crippen LogP contribution is 2.33. The fraction of sp³-hybridized carbons (Fsp3) is 0.111. The molecular weight excluding hydrogens is 234 g/mol. The number of furan rings is 1. The van der Waals surface area contributed by atoms with E-state index in [-0.39, 0.29) is 4.21 Å². The van der Waals surface area contributed by atoms with Gasteiger partial charge >= 0.3 is 0 Å². The molecule has 0 fully saturated rings. The van der Waals surface area contributed by atoms with Gasteiger partial charge in [0.25, 0.3) is 0 Å². The molecule has 0 aromatic carbocycles. The molecule has 0 atom stereocenters. The Morgan fingerprint density at radius 1 is 1.33 bits per heavy atom. The van der Waals surface area contributed by atoms with Gasteiger partial charge in [-0.1, -0.05) is 0 Å². The second-order valence-electron chi connectivity index (χ2n) is 3.06. The summed E-state index contributed by atoms with van der Waals surface area (Å²) in [6.45, 7) is 1.78. The summed E-state index contributed by atoms with van der Waals surface area (Å²) >= 11 is 1.11. The van der Waals surface area contributed by atoms with E-state index in [2.05, 4.69) is 0 Å². The summed E-state index contributed by atoms with van der Waals surface area (Å²) < 4.78 is 27.9. The van der Waals surface area contributed by atoms with E-state index in [1.807, 2.05) is 0 Å². The van der Waals surface area contributed by atoms with Crippen molar-refractivity contribution in [3.63, 3.8) is 0 Å². The average molecular weight is 243 g/mol. The molecule has 0 aliphatic carbocycles. The minimum Gasteiger partial charge on any atom is -0.469 e. The van der Waals surface area contributed by atoms with Crippen molar-refractivity contribution in [1.29, 1.82) is 0 Å². The summed E-state index contributed by atoms with van der Waals surface area (Å²) in [5, 5.41) is 6.81. The predicted molar refractivity (Wildman–Crippen MR) is 58.1 cm³/mol. The van der Waals surface area contributed by atoms with Crippen molar-refractivity contribution in [2.24, 2.45) is 5.14 Å². The first-order chi connectivity index (χ1) is 7.00. The van der Waals surface area contributed by atoms with Gasteiger partial charge in [-0.15, -0.1) is 11.3 Å². The van der Waals surface area contributed by atoms with Gasteiger partial charge in [-0.2, -0.15) is 0 Å². The first-order valence-electron chi connectivity index (χ1n) is 4.15. The van der Waals surface area contributed by atoms with Crippen LogP contribution < -0.4 is 5.14 Å². The smallest absolute Gasteiger partial charge is 0.248 e. The number of aryl methyl sites for hydroxylation is 1. The third-order valence-corrected chi connectivity index (χ3v) is 4.47. The summed E-state index contributed by atoms with van der Waals surface area (Å²) in [7, 11) is -3.66. The molecular formula is C9H9NO3S2. The summed E-state index contributed by atoms with van der Waals surface area (Å²) in [6.07, 6.45) is 1.52. The molecule has 2 aromatic heterocycles. The van der Waals surface area contributed by atoms with Crippen molar-refractivity contribution in [2.75, 3.05) is 0 Å².